The summed E-state index contributed by atoms with van der Waals surface area (Å²) in [4.78, 5) is 11.1. The summed E-state index contributed by atoms with van der Waals surface area (Å²) in [7, 11) is 1.30. The van der Waals surface area contributed by atoms with Crippen LogP contribution in [0.4, 0.5) is 4.39 Å². The summed E-state index contributed by atoms with van der Waals surface area (Å²) in [6, 6.07) is 6.34. The number of nitrogens with two attached hydrogens (primary N) is 1. The number of rotatable bonds is 6. The van der Waals surface area contributed by atoms with E-state index in [4.69, 9.17) is 10.5 Å². The molecule has 102 valence electrons. The molecule has 1 aromatic rings. The molecule has 0 spiro atoms. The van der Waals surface area contributed by atoms with Gasteiger partial charge in [0.1, 0.15) is 25.1 Å². The molecule has 1 atom stereocenters. The highest BCUT2D eigenvalue weighted by atomic mass is 35.5. The zero-order chi connectivity index (χ0) is 12.7. The third-order valence-corrected chi connectivity index (χ3v) is 2.23. The SMILES string of the molecule is COC(=O)C(N)Cc1ccc(OCCF)cc1.Cl. The van der Waals surface area contributed by atoms with Crippen molar-refractivity contribution in [2.75, 3.05) is 20.4 Å². The number of methoxy groups -OCH3 is 1. The monoisotopic (exact) mass is 277 g/mol. The maximum atomic E-state index is 11.9. The molecule has 0 saturated heterocycles. The van der Waals surface area contributed by atoms with E-state index < -0.39 is 18.7 Å². The van der Waals surface area contributed by atoms with E-state index in [0.717, 1.165) is 5.56 Å². The topological polar surface area (TPSA) is 61.5 Å². The van der Waals surface area contributed by atoms with Gasteiger partial charge in [-0.05, 0) is 24.1 Å². The maximum Gasteiger partial charge on any atom is 0.322 e. The van der Waals surface area contributed by atoms with Crippen LogP contribution in [0.1, 0.15) is 5.56 Å². The Hall–Kier alpha value is -1.33. The fraction of sp³-hybridized carbons (Fsp3) is 0.417. The first-order valence-corrected chi connectivity index (χ1v) is 5.28. The molecule has 0 saturated carbocycles. The third-order valence-electron chi connectivity index (χ3n) is 2.23. The predicted octanol–water partition coefficient (Wildman–Crippen LogP) is 1.50. The Morgan fingerprint density at radius 3 is 2.50 bits per heavy atom. The van der Waals surface area contributed by atoms with Crippen molar-refractivity contribution in [3.8, 4) is 5.75 Å². The number of benzene rings is 1. The minimum Gasteiger partial charge on any atom is -0.491 e. The van der Waals surface area contributed by atoms with Crippen molar-refractivity contribution >= 4 is 18.4 Å². The standard InChI is InChI=1S/C12H16FNO3.ClH/c1-16-12(15)11(14)8-9-2-4-10(5-3-9)17-7-6-13;/h2-5,11H,6-8,14H2,1H3;1H. The Morgan fingerprint density at radius 2 is 2.00 bits per heavy atom. The number of alkyl halides is 1. The molecular weight excluding hydrogens is 261 g/mol. The van der Waals surface area contributed by atoms with Gasteiger partial charge in [-0.25, -0.2) is 4.39 Å². The van der Waals surface area contributed by atoms with Crippen LogP contribution in [0.5, 0.6) is 5.75 Å². The van der Waals surface area contributed by atoms with Crippen LogP contribution in [0, 0.1) is 0 Å². The van der Waals surface area contributed by atoms with Crippen LogP contribution in [0.3, 0.4) is 0 Å². The lowest BCUT2D eigenvalue weighted by atomic mass is 10.1. The Kier molecular flexibility index (Phi) is 8.07. The van der Waals surface area contributed by atoms with Crippen LogP contribution >= 0.6 is 12.4 Å². The second kappa shape index (κ2) is 8.72. The molecule has 0 fully saturated rings. The van der Waals surface area contributed by atoms with Crippen molar-refractivity contribution in [1.82, 2.24) is 0 Å². The molecule has 0 aliphatic carbocycles. The molecule has 0 heterocycles. The van der Waals surface area contributed by atoms with Crippen molar-refractivity contribution in [2.45, 2.75) is 12.5 Å². The molecule has 1 aromatic carbocycles. The van der Waals surface area contributed by atoms with Crippen molar-refractivity contribution in [1.29, 1.82) is 0 Å². The number of ether oxygens (including phenoxy) is 2. The fourth-order valence-electron chi connectivity index (χ4n) is 1.37. The molecule has 0 aromatic heterocycles. The molecule has 6 heteroatoms. The number of esters is 1. The van der Waals surface area contributed by atoms with Gasteiger partial charge in [0.25, 0.3) is 0 Å². The van der Waals surface area contributed by atoms with E-state index in [2.05, 4.69) is 4.74 Å². The number of halogens is 2. The molecule has 0 amide bonds. The van der Waals surface area contributed by atoms with E-state index in [1.807, 2.05) is 0 Å². The van der Waals surface area contributed by atoms with Gasteiger partial charge < -0.3 is 15.2 Å². The summed E-state index contributed by atoms with van der Waals surface area (Å²) in [5, 5.41) is 0. The second-order valence-corrected chi connectivity index (χ2v) is 3.52. The van der Waals surface area contributed by atoms with Gasteiger partial charge in [-0.2, -0.15) is 0 Å². The number of carbonyl (C=O) groups is 1. The van der Waals surface area contributed by atoms with Gasteiger partial charge in [0.2, 0.25) is 0 Å². The average Bonchev–Trinajstić information content (AvgIpc) is 2.37. The Morgan fingerprint density at radius 1 is 1.39 bits per heavy atom. The zero-order valence-electron chi connectivity index (χ0n) is 10.1. The zero-order valence-corrected chi connectivity index (χ0v) is 10.9. The summed E-state index contributed by atoms with van der Waals surface area (Å²) < 4.78 is 21.5. The normalized spacial score (nSPS) is 11.3. The summed E-state index contributed by atoms with van der Waals surface area (Å²) in [5.74, 6) is 0.154. The molecule has 0 radical (unpaired) electrons. The molecule has 0 aliphatic heterocycles. The molecule has 18 heavy (non-hydrogen) atoms. The maximum absolute atomic E-state index is 11.9. The van der Waals surface area contributed by atoms with Gasteiger partial charge >= 0.3 is 5.97 Å². The highest BCUT2D eigenvalue weighted by Gasteiger charge is 2.13. The van der Waals surface area contributed by atoms with E-state index in [-0.39, 0.29) is 19.0 Å². The predicted molar refractivity (Wildman–Crippen MR) is 68.9 cm³/mol. The number of carbonyl (C=O) groups excluding carboxylic acids is 1. The first-order chi connectivity index (χ1) is 8.17. The van der Waals surface area contributed by atoms with Crippen molar-refractivity contribution in [3.63, 3.8) is 0 Å². The van der Waals surface area contributed by atoms with Gasteiger partial charge in [-0.15, -0.1) is 12.4 Å². The van der Waals surface area contributed by atoms with Gasteiger partial charge in [-0.3, -0.25) is 4.79 Å². The van der Waals surface area contributed by atoms with E-state index in [1.54, 1.807) is 24.3 Å². The van der Waals surface area contributed by atoms with E-state index in [0.29, 0.717) is 12.2 Å². The largest absolute Gasteiger partial charge is 0.491 e. The van der Waals surface area contributed by atoms with Crippen molar-refractivity contribution in [3.05, 3.63) is 29.8 Å². The average molecular weight is 278 g/mol. The summed E-state index contributed by atoms with van der Waals surface area (Å²) in [6.07, 6.45) is 0.399. The van der Waals surface area contributed by atoms with Crippen LogP contribution in [-0.2, 0) is 16.0 Å². The van der Waals surface area contributed by atoms with Crippen molar-refractivity contribution in [2.24, 2.45) is 5.73 Å². The second-order valence-electron chi connectivity index (χ2n) is 3.52. The van der Waals surface area contributed by atoms with Gasteiger partial charge in [0, 0.05) is 0 Å². The first-order valence-electron chi connectivity index (χ1n) is 5.28. The summed E-state index contributed by atoms with van der Waals surface area (Å²) >= 11 is 0. The van der Waals surface area contributed by atoms with Crippen LogP contribution in [0.25, 0.3) is 0 Å². The van der Waals surface area contributed by atoms with E-state index in [1.165, 1.54) is 7.11 Å². The molecule has 0 bridgehead atoms. The van der Waals surface area contributed by atoms with Gasteiger partial charge in [0.05, 0.1) is 7.11 Å². The third kappa shape index (κ3) is 5.33. The highest BCUT2D eigenvalue weighted by molar-refractivity contribution is 5.85. The Bertz CT molecular complexity index is 359. The quantitative estimate of drug-likeness (QED) is 0.801. The van der Waals surface area contributed by atoms with Crippen LogP contribution < -0.4 is 10.5 Å². The molecule has 4 nitrogen and oxygen atoms in total. The van der Waals surface area contributed by atoms with Crippen LogP contribution in [-0.4, -0.2) is 32.4 Å². The highest BCUT2D eigenvalue weighted by Crippen LogP contribution is 2.13. The summed E-state index contributed by atoms with van der Waals surface area (Å²) in [5.41, 5.74) is 6.52. The van der Waals surface area contributed by atoms with Crippen LogP contribution in [0.15, 0.2) is 24.3 Å². The number of hydrogen-bond acceptors (Lipinski definition) is 4. The van der Waals surface area contributed by atoms with Gasteiger partial charge in [0.15, 0.2) is 0 Å². The lowest BCUT2D eigenvalue weighted by molar-refractivity contribution is -0.142. The lowest BCUT2D eigenvalue weighted by Gasteiger charge is -2.09. The molecule has 0 aliphatic rings. The van der Waals surface area contributed by atoms with Crippen molar-refractivity contribution < 1.29 is 18.7 Å². The molecule has 2 N–H and O–H groups in total. The fourth-order valence-corrected chi connectivity index (χ4v) is 1.37. The Balaban J connectivity index is 0.00000289. The first kappa shape index (κ1) is 16.7. The van der Waals surface area contributed by atoms with E-state index in [9.17, 15) is 9.18 Å². The molecular formula is C12H17ClFNO3. The smallest absolute Gasteiger partial charge is 0.322 e. The summed E-state index contributed by atoms with van der Waals surface area (Å²) in [6.45, 7) is -0.476. The number of hydrogen-bond donors (Lipinski definition) is 1. The lowest BCUT2D eigenvalue weighted by Crippen LogP contribution is -2.33. The van der Waals surface area contributed by atoms with Crippen LogP contribution in [0.2, 0.25) is 0 Å². The molecule has 1 unspecified atom stereocenters. The Labute approximate surface area is 112 Å². The minimum atomic E-state index is -0.669. The van der Waals surface area contributed by atoms with Gasteiger partial charge in [-0.1, -0.05) is 12.1 Å². The minimum absolute atomic E-state index is 0. The van der Waals surface area contributed by atoms with E-state index >= 15 is 0 Å². The molecule has 1 rings (SSSR count).